The summed E-state index contributed by atoms with van der Waals surface area (Å²) >= 11 is 0. The van der Waals surface area contributed by atoms with E-state index in [1.54, 1.807) is 0 Å². The average Bonchev–Trinajstić information content (AvgIpc) is 2.77. The molecule has 2 aromatic rings. The summed E-state index contributed by atoms with van der Waals surface area (Å²) in [6.45, 7) is 6.12. The molecule has 0 radical (unpaired) electrons. The highest BCUT2D eigenvalue weighted by Gasteiger charge is 2.12. The Morgan fingerprint density at radius 1 is 1.10 bits per heavy atom. The van der Waals surface area contributed by atoms with Gasteiger partial charge in [-0.05, 0) is 32.0 Å². The molecule has 1 saturated heterocycles. The normalized spacial score (nSPS) is 15.6. The quantitative estimate of drug-likeness (QED) is 0.905. The van der Waals surface area contributed by atoms with Crippen molar-refractivity contribution < 1.29 is 0 Å². The third-order valence-corrected chi connectivity index (χ3v) is 3.53. The van der Waals surface area contributed by atoms with Gasteiger partial charge in [-0.3, -0.25) is 0 Å². The molecule has 1 aliphatic rings. The summed E-state index contributed by atoms with van der Waals surface area (Å²) in [6.07, 6.45) is 1.14. The highest BCUT2D eigenvalue weighted by molar-refractivity contribution is 5.55. The minimum Gasteiger partial charge on any atom is -0.355 e. The lowest BCUT2D eigenvalue weighted by atomic mass is 10.3. The lowest BCUT2D eigenvalue weighted by Gasteiger charge is -2.22. The van der Waals surface area contributed by atoms with Gasteiger partial charge in [0.25, 0.3) is 0 Å². The number of benzene rings is 1. The number of anilines is 3. The Labute approximate surface area is 125 Å². The van der Waals surface area contributed by atoms with Crippen molar-refractivity contribution in [2.45, 2.75) is 13.3 Å². The second kappa shape index (κ2) is 6.54. The van der Waals surface area contributed by atoms with Gasteiger partial charge < -0.3 is 15.5 Å². The van der Waals surface area contributed by atoms with Crippen molar-refractivity contribution in [1.29, 1.82) is 0 Å². The summed E-state index contributed by atoms with van der Waals surface area (Å²) in [7, 11) is 0. The molecule has 110 valence electrons. The fourth-order valence-electron chi connectivity index (χ4n) is 2.50. The SMILES string of the molecule is Cc1cc(N2CCCNCC2)nc(Nc2ccccc2)n1. The van der Waals surface area contributed by atoms with Gasteiger partial charge in [0.2, 0.25) is 5.95 Å². The smallest absolute Gasteiger partial charge is 0.229 e. The van der Waals surface area contributed by atoms with Gasteiger partial charge in [-0.25, -0.2) is 4.98 Å². The Hall–Kier alpha value is -2.14. The first kappa shape index (κ1) is 13.8. The standard InChI is InChI=1S/C16H21N5/c1-13-12-15(21-10-5-8-17-9-11-21)20-16(18-13)19-14-6-3-2-4-7-14/h2-4,6-7,12,17H,5,8-11H2,1H3,(H,18,19,20). The molecular formula is C16H21N5. The molecule has 0 atom stereocenters. The van der Waals surface area contributed by atoms with Crippen molar-refractivity contribution >= 4 is 17.5 Å². The summed E-state index contributed by atoms with van der Waals surface area (Å²) in [5.74, 6) is 1.66. The Morgan fingerprint density at radius 2 is 1.95 bits per heavy atom. The van der Waals surface area contributed by atoms with Crippen LogP contribution in [0.5, 0.6) is 0 Å². The molecule has 1 aromatic carbocycles. The van der Waals surface area contributed by atoms with E-state index in [-0.39, 0.29) is 0 Å². The van der Waals surface area contributed by atoms with Crippen LogP contribution in [0.1, 0.15) is 12.1 Å². The van der Waals surface area contributed by atoms with E-state index in [0.29, 0.717) is 5.95 Å². The Balaban J connectivity index is 1.82. The highest BCUT2D eigenvalue weighted by atomic mass is 15.2. The van der Waals surface area contributed by atoms with Crippen molar-refractivity contribution in [1.82, 2.24) is 15.3 Å². The first-order valence-corrected chi connectivity index (χ1v) is 7.45. The predicted molar refractivity (Wildman–Crippen MR) is 86.2 cm³/mol. The number of hydrogen-bond acceptors (Lipinski definition) is 5. The van der Waals surface area contributed by atoms with Crippen molar-refractivity contribution in [2.24, 2.45) is 0 Å². The van der Waals surface area contributed by atoms with Gasteiger partial charge in [-0.1, -0.05) is 18.2 Å². The summed E-state index contributed by atoms with van der Waals surface area (Å²) in [4.78, 5) is 11.5. The van der Waals surface area contributed by atoms with Gasteiger partial charge in [0.15, 0.2) is 0 Å². The number of aryl methyl sites for hydroxylation is 1. The third-order valence-electron chi connectivity index (χ3n) is 3.53. The zero-order valence-electron chi connectivity index (χ0n) is 12.3. The van der Waals surface area contributed by atoms with Crippen molar-refractivity contribution in [3.8, 4) is 0 Å². The number of nitrogens with one attached hydrogen (secondary N) is 2. The number of nitrogens with zero attached hydrogens (tertiary/aromatic N) is 3. The molecule has 5 nitrogen and oxygen atoms in total. The first-order chi connectivity index (χ1) is 10.3. The van der Waals surface area contributed by atoms with Crippen LogP contribution in [0.3, 0.4) is 0 Å². The molecule has 2 heterocycles. The van der Waals surface area contributed by atoms with Gasteiger partial charge in [0.1, 0.15) is 5.82 Å². The monoisotopic (exact) mass is 283 g/mol. The maximum atomic E-state index is 4.67. The summed E-state index contributed by atoms with van der Waals surface area (Å²) in [6, 6.07) is 12.1. The minimum absolute atomic E-state index is 0.661. The molecule has 0 spiro atoms. The number of para-hydroxylation sites is 1. The van der Waals surface area contributed by atoms with Gasteiger partial charge in [-0.15, -0.1) is 0 Å². The highest BCUT2D eigenvalue weighted by Crippen LogP contribution is 2.18. The van der Waals surface area contributed by atoms with E-state index < -0.39 is 0 Å². The molecule has 0 aliphatic carbocycles. The lowest BCUT2D eigenvalue weighted by molar-refractivity contribution is 0.724. The average molecular weight is 283 g/mol. The van der Waals surface area contributed by atoms with Gasteiger partial charge in [0, 0.05) is 37.1 Å². The molecule has 5 heteroatoms. The fraction of sp³-hybridized carbons (Fsp3) is 0.375. The molecular weight excluding hydrogens is 262 g/mol. The number of rotatable bonds is 3. The summed E-state index contributed by atoms with van der Waals surface area (Å²) < 4.78 is 0. The Bertz CT molecular complexity index is 576. The van der Waals surface area contributed by atoms with Crippen LogP contribution in [0.4, 0.5) is 17.5 Å². The van der Waals surface area contributed by atoms with E-state index >= 15 is 0 Å². The third kappa shape index (κ3) is 3.70. The Kier molecular flexibility index (Phi) is 4.31. The number of aromatic nitrogens is 2. The van der Waals surface area contributed by atoms with E-state index in [2.05, 4.69) is 31.6 Å². The van der Waals surface area contributed by atoms with Gasteiger partial charge in [0.05, 0.1) is 0 Å². The van der Waals surface area contributed by atoms with Crippen molar-refractivity contribution in [2.75, 3.05) is 36.4 Å². The van der Waals surface area contributed by atoms with Crippen LogP contribution in [0.2, 0.25) is 0 Å². The zero-order valence-corrected chi connectivity index (χ0v) is 12.3. The molecule has 3 rings (SSSR count). The van der Waals surface area contributed by atoms with Crippen LogP contribution in [0.25, 0.3) is 0 Å². The lowest BCUT2D eigenvalue weighted by Crippen LogP contribution is -2.28. The summed E-state index contributed by atoms with van der Waals surface area (Å²) in [5.41, 5.74) is 1.99. The molecule has 0 unspecified atom stereocenters. The second-order valence-electron chi connectivity index (χ2n) is 5.27. The van der Waals surface area contributed by atoms with E-state index in [1.807, 2.05) is 37.3 Å². The first-order valence-electron chi connectivity index (χ1n) is 7.45. The van der Waals surface area contributed by atoms with Crippen LogP contribution in [-0.2, 0) is 0 Å². The molecule has 0 bridgehead atoms. The molecule has 2 N–H and O–H groups in total. The maximum absolute atomic E-state index is 4.67. The molecule has 0 amide bonds. The van der Waals surface area contributed by atoms with Crippen molar-refractivity contribution in [3.05, 3.63) is 42.1 Å². The van der Waals surface area contributed by atoms with E-state index in [4.69, 9.17) is 0 Å². The minimum atomic E-state index is 0.661. The fourth-order valence-corrected chi connectivity index (χ4v) is 2.50. The van der Waals surface area contributed by atoms with Crippen LogP contribution in [-0.4, -0.2) is 36.1 Å². The second-order valence-corrected chi connectivity index (χ2v) is 5.27. The van der Waals surface area contributed by atoms with Gasteiger partial charge in [-0.2, -0.15) is 4.98 Å². The molecule has 1 aromatic heterocycles. The molecule has 0 saturated carbocycles. The zero-order chi connectivity index (χ0) is 14.5. The molecule has 1 fully saturated rings. The van der Waals surface area contributed by atoms with E-state index in [9.17, 15) is 0 Å². The van der Waals surface area contributed by atoms with E-state index in [1.165, 1.54) is 0 Å². The van der Waals surface area contributed by atoms with Crippen molar-refractivity contribution in [3.63, 3.8) is 0 Å². The van der Waals surface area contributed by atoms with Crippen LogP contribution in [0, 0.1) is 6.92 Å². The van der Waals surface area contributed by atoms with Crippen LogP contribution >= 0.6 is 0 Å². The van der Waals surface area contributed by atoms with Crippen LogP contribution in [0.15, 0.2) is 36.4 Å². The molecule has 21 heavy (non-hydrogen) atoms. The maximum Gasteiger partial charge on any atom is 0.229 e. The largest absolute Gasteiger partial charge is 0.355 e. The summed E-state index contributed by atoms with van der Waals surface area (Å²) in [5, 5.41) is 6.69. The predicted octanol–water partition coefficient (Wildman–Crippen LogP) is 2.33. The Morgan fingerprint density at radius 3 is 2.81 bits per heavy atom. The topological polar surface area (TPSA) is 53.1 Å². The molecule has 1 aliphatic heterocycles. The number of hydrogen-bond donors (Lipinski definition) is 2. The van der Waals surface area contributed by atoms with Crippen LogP contribution < -0.4 is 15.5 Å². The van der Waals surface area contributed by atoms with Gasteiger partial charge >= 0.3 is 0 Å². The van der Waals surface area contributed by atoms with E-state index in [0.717, 1.165) is 49.8 Å².